The van der Waals surface area contributed by atoms with Crippen molar-refractivity contribution < 1.29 is 9.69 Å². The third-order valence-corrected chi connectivity index (χ3v) is 4.02. The molecule has 0 fully saturated rings. The Bertz CT molecular complexity index is 639. The van der Waals surface area contributed by atoms with Gasteiger partial charge in [-0.1, -0.05) is 73.8 Å². The van der Waals surface area contributed by atoms with E-state index in [-0.39, 0.29) is 6.04 Å². The van der Waals surface area contributed by atoms with Crippen LogP contribution in [0.1, 0.15) is 11.1 Å². The lowest BCUT2D eigenvalue weighted by atomic mass is 9.97. The molecule has 0 saturated heterocycles. The van der Waals surface area contributed by atoms with Gasteiger partial charge in [-0.25, -0.2) is 0 Å². The summed E-state index contributed by atoms with van der Waals surface area (Å²) in [6.45, 7) is 9.01. The first kappa shape index (κ1) is 17.6. The second-order valence-corrected chi connectivity index (χ2v) is 5.60. The molecule has 0 saturated carbocycles. The number of carbonyl (C=O) groups excluding carboxylic acids is 1. The Balaban J connectivity index is 2.35. The maximum Gasteiger partial charge on any atom is 0.181 e. The predicted octanol–water partition coefficient (Wildman–Crippen LogP) is 2.94. The molecule has 1 N–H and O–H groups in total. The minimum absolute atomic E-state index is 0.230. The number of nitrogens with one attached hydrogen (secondary N) is 1. The van der Waals surface area contributed by atoms with Gasteiger partial charge in [0, 0.05) is 0 Å². The van der Waals surface area contributed by atoms with E-state index in [1.165, 1.54) is 16.7 Å². The summed E-state index contributed by atoms with van der Waals surface area (Å²) in [4.78, 5) is 12.4. The van der Waals surface area contributed by atoms with Crippen LogP contribution in [-0.4, -0.2) is 25.4 Å². The van der Waals surface area contributed by atoms with Gasteiger partial charge < -0.3 is 4.90 Å². The van der Waals surface area contributed by atoms with E-state index in [9.17, 15) is 4.79 Å². The maximum atomic E-state index is 11.3. The molecule has 24 heavy (non-hydrogen) atoms. The van der Waals surface area contributed by atoms with Gasteiger partial charge in [-0.2, -0.15) is 0 Å². The zero-order valence-corrected chi connectivity index (χ0v) is 13.9. The molecule has 0 radical (unpaired) electrons. The van der Waals surface area contributed by atoms with Crippen LogP contribution in [0.3, 0.4) is 0 Å². The molecular formula is C22H24NO+. The van der Waals surface area contributed by atoms with Gasteiger partial charge in [0.05, 0.1) is 13.1 Å². The zero-order valence-electron chi connectivity index (χ0n) is 13.9. The van der Waals surface area contributed by atoms with Gasteiger partial charge in [-0.15, -0.1) is 0 Å². The van der Waals surface area contributed by atoms with E-state index < -0.39 is 0 Å². The Kier molecular flexibility index (Phi) is 6.93. The van der Waals surface area contributed by atoms with Crippen molar-refractivity contribution in [1.82, 2.24) is 0 Å². The standard InChI is InChI=1S/C22H23NO/c1-3-16-23(21(4-2)18-24)17-15-22(19-11-7-5-8-12-19)20-13-9-6-10-14-20/h3-15,18,21H,1-2,16-17H2/p+1. The molecule has 0 bridgehead atoms. The second-order valence-electron chi connectivity index (χ2n) is 5.60. The van der Waals surface area contributed by atoms with Gasteiger partial charge in [0.15, 0.2) is 12.3 Å². The molecule has 122 valence electrons. The second kappa shape index (κ2) is 9.43. The van der Waals surface area contributed by atoms with Crippen molar-refractivity contribution in [3.8, 4) is 0 Å². The monoisotopic (exact) mass is 318 g/mol. The highest BCUT2D eigenvalue weighted by atomic mass is 16.1. The predicted molar refractivity (Wildman–Crippen MR) is 101 cm³/mol. The molecule has 0 amide bonds. The Morgan fingerprint density at radius 1 is 0.917 bits per heavy atom. The quantitative estimate of drug-likeness (QED) is 0.557. The van der Waals surface area contributed by atoms with Crippen LogP contribution < -0.4 is 4.90 Å². The number of quaternary nitrogens is 1. The first-order chi connectivity index (χ1) is 11.8. The van der Waals surface area contributed by atoms with Gasteiger partial charge in [-0.3, -0.25) is 4.79 Å². The molecule has 2 rings (SSSR count). The normalized spacial score (nSPS) is 12.7. The van der Waals surface area contributed by atoms with E-state index in [4.69, 9.17) is 0 Å². The summed E-state index contributed by atoms with van der Waals surface area (Å²) < 4.78 is 0. The molecule has 2 aromatic rings. The molecule has 0 aliphatic carbocycles. The Labute approximate surface area is 144 Å². The number of hydrogen-bond acceptors (Lipinski definition) is 1. The van der Waals surface area contributed by atoms with Crippen LogP contribution in [0, 0.1) is 0 Å². The molecule has 2 aromatic carbocycles. The first-order valence-corrected chi connectivity index (χ1v) is 8.14. The molecule has 2 heteroatoms. The third kappa shape index (κ3) is 4.64. The minimum Gasteiger partial charge on any atom is -0.317 e. The van der Waals surface area contributed by atoms with Crippen molar-refractivity contribution in [2.45, 2.75) is 6.04 Å². The minimum atomic E-state index is -0.230. The summed E-state index contributed by atoms with van der Waals surface area (Å²) in [6.07, 6.45) is 6.69. The average Bonchev–Trinajstić information content (AvgIpc) is 2.64. The van der Waals surface area contributed by atoms with Crippen LogP contribution in [0.5, 0.6) is 0 Å². The lowest BCUT2D eigenvalue weighted by Crippen LogP contribution is -3.15. The van der Waals surface area contributed by atoms with Gasteiger partial charge in [0.25, 0.3) is 0 Å². The third-order valence-electron chi connectivity index (χ3n) is 4.02. The SMILES string of the molecule is C=CC[NH+](CC=C(c1ccccc1)c1ccccc1)C(C=C)C=O. The number of benzene rings is 2. The van der Waals surface area contributed by atoms with Crippen molar-refractivity contribution in [3.63, 3.8) is 0 Å². The highest BCUT2D eigenvalue weighted by Gasteiger charge is 2.16. The highest BCUT2D eigenvalue weighted by Crippen LogP contribution is 2.22. The molecule has 2 unspecified atom stereocenters. The van der Waals surface area contributed by atoms with Gasteiger partial charge in [-0.05, 0) is 34.9 Å². The van der Waals surface area contributed by atoms with E-state index in [0.29, 0.717) is 6.54 Å². The van der Waals surface area contributed by atoms with Crippen molar-refractivity contribution in [2.24, 2.45) is 0 Å². The van der Waals surface area contributed by atoms with E-state index >= 15 is 0 Å². The van der Waals surface area contributed by atoms with Crippen LogP contribution in [0.2, 0.25) is 0 Å². The molecule has 0 heterocycles. The van der Waals surface area contributed by atoms with Crippen LogP contribution in [0.4, 0.5) is 0 Å². The van der Waals surface area contributed by atoms with Gasteiger partial charge in [0.1, 0.15) is 0 Å². The molecule has 0 aromatic heterocycles. The summed E-state index contributed by atoms with van der Waals surface area (Å²) in [5.74, 6) is 0. The molecule has 0 aliphatic heterocycles. The first-order valence-electron chi connectivity index (χ1n) is 8.14. The van der Waals surface area contributed by atoms with Crippen LogP contribution >= 0.6 is 0 Å². The van der Waals surface area contributed by atoms with E-state index in [2.05, 4.69) is 43.5 Å². The van der Waals surface area contributed by atoms with Crippen LogP contribution in [0.15, 0.2) is 92.0 Å². The largest absolute Gasteiger partial charge is 0.317 e. The van der Waals surface area contributed by atoms with E-state index in [0.717, 1.165) is 17.7 Å². The van der Waals surface area contributed by atoms with E-state index in [1.54, 1.807) is 6.08 Å². The van der Waals surface area contributed by atoms with Crippen molar-refractivity contribution in [3.05, 3.63) is 103 Å². The Hall–Kier alpha value is -2.71. The Morgan fingerprint density at radius 2 is 1.46 bits per heavy atom. The maximum absolute atomic E-state index is 11.3. The number of aldehydes is 1. The van der Waals surface area contributed by atoms with Crippen LogP contribution in [0.25, 0.3) is 5.57 Å². The number of rotatable bonds is 9. The smallest absolute Gasteiger partial charge is 0.181 e. The molecule has 0 spiro atoms. The number of carbonyl (C=O) groups is 1. The fourth-order valence-electron chi connectivity index (χ4n) is 2.73. The fourth-order valence-corrected chi connectivity index (χ4v) is 2.73. The highest BCUT2D eigenvalue weighted by molar-refractivity contribution is 5.79. The zero-order chi connectivity index (χ0) is 17.2. The molecule has 2 atom stereocenters. The van der Waals surface area contributed by atoms with Gasteiger partial charge >= 0.3 is 0 Å². The van der Waals surface area contributed by atoms with Crippen molar-refractivity contribution in [1.29, 1.82) is 0 Å². The number of hydrogen-bond donors (Lipinski definition) is 1. The summed E-state index contributed by atoms with van der Waals surface area (Å²) in [7, 11) is 0. The summed E-state index contributed by atoms with van der Waals surface area (Å²) in [6, 6.07) is 20.4. The summed E-state index contributed by atoms with van der Waals surface area (Å²) in [5.41, 5.74) is 3.51. The van der Waals surface area contributed by atoms with Gasteiger partial charge in [0.2, 0.25) is 0 Å². The van der Waals surface area contributed by atoms with E-state index in [1.807, 2.05) is 42.5 Å². The average molecular weight is 318 g/mol. The van der Waals surface area contributed by atoms with Crippen LogP contribution in [-0.2, 0) is 4.79 Å². The summed E-state index contributed by atoms with van der Waals surface area (Å²) in [5, 5.41) is 0. The Morgan fingerprint density at radius 3 is 1.88 bits per heavy atom. The fraction of sp³-hybridized carbons (Fsp3) is 0.136. The van der Waals surface area contributed by atoms with Crippen molar-refractivity contribution in [2.75, 3.05) is 13.1 Å². The molecule has 2 nitrogen and oxygen atoms in total. The lowest BCUT2D eigenvalue weighted by Gasteiger charge is -2.20. The molecular weight excluding hydrogens is 294 g/mol. The summed E-state index contributed by atoms with van der Waals surface area (Å²) >= 11 is 0. The van der Waals surface area contributed by atoms with Crippen molar-refractivity contribution >= 4 is 11.9 Å². The lowest BCUT2D eigenvalue weighted by molar-refractivity contribution is -0.896. The molecule has 0 aliphatic rings. The topological polar surface area (TPSA) is 21.5 Å².